The number of hydrogen-bond donors (Lipinski definition) is 1. The third-order valence-electron chi connectivity index (χ3n) is 3.45. The van der Waals surface area contributed by atoms with E-state index in [1.165, 1.54) is 0 Å². The van der Waals surface area contributed by atoms with Crippen LogP contribution in [0.3, 0.4) is 0 Å². The van der Waals surface area contributed by atoms with Crippen LogP contribution in [-0.2, 0) is 11.2 Å². The molecule has 1 aliphatic carbocycles. The van der Waals surface area contributed by atoms with E-state index in [1.54, 1.807) is 0 Å². The molecule has 1 aliphatic rings. The molecule has 0 spiro atoms. The van der Waals surface area contributed by atoms with Crippen LogP contribution >= 0.6 is 11.6 Å². The minimum absolute atomic E-state index is 0.194. The number of rotatable bonds is 3. The fourth-order valence-electron chi connectivity index (χ4n) is 2.45. The molecule has 1 N–H and O–H groups in total. The molecule has 17 heavy (non-hydrogen) atoms. The molecule has 0 aromatic heterocycles. The quantitative estimate of drug-likeness (QED) is 0.898. The largest absolute Gasteiger partial charge is 0.392 e. The summed E-state index contributed by atoms with van der Waals surface area (Å²) in [6, 6.07) is 7.48. The molecule has 0 aliphatic heterocycles. The summed E-state index contributed by atoms with van der Waals surface area (Å²) < 4.78 is 0. The van der Waals surface area contributed by atoms with Crippen molar-refractivity contribution in [3.05, 3.63) is 34.9 Å². The summed E-state index contributed by atoms with van der Waals surface area (Å²) in [6.07, 6.45) is 3.30. The van der Waals surface area contributed by atoms with Gasteiger partial charge in [0, 0.05) is 23.8 Å². The maximum Gasteiger partial charge on any atom is 0.138 e. The van der Waals surface area contributed by atoms with Crippen LogP contribution in [0.5, 0.6) is 0 Å². The smallest absolute Gasteiger partial charge is 0.138 e. The van der Waals surface area contributed by atoms with Crippen molar-refractivity contribution in [2.75, 3.05) is 0 Å². The molecule has 0 amide bonds. The zero-order valence-corrected chi connectivity index (χ0v) is 10.5. The van der Waals surface area contributed by atoms with Gasteiger partial charge in [-0.3, -0.25) is 4.79 Å². The molecule has 2 atom stereocenters. The molecule has 2 nitrogen and oxygen atoms in total. The lowest BCUT2D eigenvalue weighted by atomic mass is 9.82. The lowest BCUT2D eigenvalue weighted by molar-refractivity contribution is -0.128. The van der Waals surface area contributed by atoms with Gasteiger partial charge in [-0.05, 0) is 24.5 Å². The minimum Gasteiger partial charge on any atom is -0.392 e. The summed E-state index contributed by atoms with van der Waals surface area (Å²) in [4.78, 5) is 11.7. The van der Waals surface area contributed by atoms with Crippen molar-refractivity contribution in [2.45, 2.75) is 38.2 Å². The molecule has 92 valence electrons. The summed E-state index contributed by atoms with van der Waals surface area (Å²) in [5.41, 5.74) is 0.917. The van der Waals surface area contributed by atoms with Gasteiger partial charge in [-0.15, -0.1) is 0 Å². The van der Waals surface area contributed by atoms with E-state index in [4.69, 9.17) is 11.6 Å². The van der Waals surface area contributed by atoms with Gasteiger partial charge in [-0.1, -0.05) is 36.2 Å². The molecule has 1 aromatic carbocycles. The van der Waals surface area contributed by atoms with Gasteiger partial charge in [0.05, 0.1) is 6.10 Å². The normalized spacial score (nSPS) is 22.5. The summed E-state index contributed by atoms with van der Waals surface area (Å²) in [5.74, 6) is 0.0100. The zero-order chi connectivity index (χ0) is 12.3. The van der Waals surface area contributed by atoms with E-state index in [1.807, 2.05) is 24.3 Å². The average molecular weight is 253 g/mol. The van der Waals surface area contributed by atoms with Gasteiger partial charge in [0.2, 0.25) is 0 Å². The first-order valence-corrected chi connectivity index (χ1v) is 6.50. The number of ketones is 1. The second-order valence-electron chi connectivity index (χ2n) is 4.68. The minimum atomic E-state index is -0.595. The molecule has 3 heteroatoms. The fraction of sp³-hybridized carbons (Fsp3) is 0.500. The number of aliphatic hydroxyl groups is 1. The molecule has 0 radical (unpaired) electrons. The highest BCUT2D eigenvalue weighted by Crippen LogP contribution is 2.26. The summed E-state index contributed by atoms with van der Waals surface area (Å²) in [7, 11) is 0. The number of benzene rings is 1. The number of hydrogen-bond acceptors (Lipinski definition) is 2. The Hall–Kier alpha value is -0.860. The van der Waals surface area contributed by atoms with Crippen molar-refractivity contribution in [3.8, 4) is 0 Å². The summed E-state index contributed by atoms with van der Waals surface area (Å²) >= 11 is 6.05. The Kier molecular flexibility index (Phi) is 4.19. The highest BCUT2D eigenvalue weighted by atomic mass is 35.5. The first kappa shape index (κ1) is 12.6. The predicted molar refractivity (Wildman–Crippen MR) is 68.1 cm³/mol. The van der Waals surface area contributed by atoms with Gasteiger partial charge in [0.15, 0.2) is 0 Å². The lowest BCUT2D eigenvalue weighted by Crippen LogP contribution is -2.32. The molecule has 0 heterocycles. The fourth-order valence-corrected chi connectivity index (χ4v) is 2.66. The van der Waals surface area contributed by atoms with Gasteiger partial charge < -0.3 is 5.11 Å². The van der Waals surface area contributed by atoms with Crippen LogP contribution in [0.25, 0.3) is 0 Å². The van der Waals surface area contributed by atoms with Crippen molar-refractivity contribution in [3.63, 3.8) is 0 Å². The standard InChI is InChI=1S/C14H17ClO2/c15-12-7-3-1-5-10(12)9-14(17)11-6-2-4-8-13(11)16/h1,3,5,7,11,14,17H,2,4,6,8-9H2. The van der Waals surface area contributed by atoms with Crippen LogP contribution in [0.1, 0.15) is 31.2 Å². The van der Waals surface area contributed by atoms with Crippen LogP contribution in [0.15, 0.2) is 24.3 Å². The molecule has 2 rings (SSSR count). The van der Waals surface area contributed by atoms with Crippen LogP contribution in [0.4, 0.5) is 0 Å². The van der Waals surface area contributed by atoms with Gasteiger partial charge in [0.25, 0.3) is 0 Å². The van der Waals surface area contributed by atoms with E-state index < -0.39 is 6.10 Å². The second-order valence-corrected chi connectivity index (χ2v) is 5.09. The highest BCUT2D eigenvalue weighted by molar-refractivity contribution is 6.31. The Morgan fingerprint density at radius 3 is 2.82 bits per heavy atom. The SMILES string of the molecule is O=C1CCCCC1C(O)Cc1ccccc1Cl. The molecule has 1 fully saturated rings. The van der Waals surface area contributed by atoms with E-state index in [2.05, 4.69) is 0 Å². The Balaban J connectivity index is 2.03. The third-order valence-corrected chi connectivity index (χ3v) is 3.82. The lowest BCUT2D eigenvalue weighted by Gasteiger charge is -2.25. The van der Waals surface area contributed by atoms with Crippen LogP contribution in [0.2, 0.25) is 5.02 Å². The highest BCUT2D eigenvalue weighted by Gasteiger charge is 2.29. The van der Waals surface area contributed by atoms with Crippen molar-refractivity contribution < 1.29 is 9.90 Å². The molecule has 0 bridgehead atoms. The van der Waals surface area contributed by atoms with E-state index in [0.29, 0.717) is 17.9 Å². The van der Waals surface area contributed by atoms with E-state index in [-0.39, 0.29) is 11.7 Å². The molecule has 1 saturated carbocycles. The first-order chi connectivity index (χ1) is 8.18. The number of Topliss-reactive ketones (excluding diaryl/α,β-unsaturated/α-hetero) is 1. The monoisotopic (exact) mass is 252 g/mol. The number of carbonyl (C=O) groups excluding carboxylic acids is 1. The first-order valence-electron chi connectivity index (χ1n) is 6.12. The van der Waals surface area contributed by atoms with Crippen molar-refractivity contribution >= 4 is 17.4 Å². The number of aliphatic hydroxyl groups excluding tert-OH is 1. The van der Waals surface area contributed by atoms with Gasteiger partial charge in [-0.25, -0.2) is 0 Å². The van der Waals surface area contributed by atoms with Crippen LogP contribution in [0, 0.1) is 5.92 Å². The summed E-state index contributed by atoms with van der Waals surface area (Å²) in [6.45, 7) is 0. The second kappa shape index (κ2) is 5.65. The Labute approximate surface area is 107 Å². The number of carbonyl (C=O) groups is 1. The maximum absolute atomic E-state index is 11.7. The van der Waals surface area contributed by atoms with Crippen LogP contribution < -0.4 is 0 Å². The van der Waals surface area contributed by atoms with Crippen molar-refractivity contribution in [2.24, 2.45) is 5.92 Å². The molecular weight excluding hydrogens is 236 g/mol. The van der Waals surface area contributed by atoms with Crippen molar-refractivity contribution in [1.29, 1.82) is 0 Å². The van der Waals surface area contributed by atoms with Gasteiger partial charge in [-0.2, -0.15) is 0 Å². The van der Waals surface area contributed by atoms with Gasteiger partial charge in [0.1, 0.15) is 5.78 Å². The Morgan fingerprint density at radius 1 is 1.35 bits per heavy atom. The molecule has 2 unspecified atom stereocenters. The predicted octanol–water partition coefficient (Wildman–Crippen LogP) is 3.00. The maximum atomic E-state index is 11.7. The van der Waals surface area contributed by atoms with Crippen molar-refractivity contribution in [1.82, 2.24) is 0 Å². The van der Waals surface area contributed by atoms with Gasteiger partial charge >= 0.3 is 0 Å². The molecule has 1 aromatic rings. The summed E-state index contributed by atoms with van der Waals surface area (Å²) in [5, 5.41) is 10.8. The molecular formula is C14H17ClO2. The number of halogens is 1. The topological polar surface area (TPSA) is 37.3 Å². The average Bonchev–Trinajstić information content (AvgIpc) is 2.32. The molecule has 0 saturated heterocycles. The van der Waals surface area contributed by atoms with E-state index in [0.717, 1.165) is 24.8 Å². The van der Waals surface area contributed by atoms with Crippen LogP contribution in [-0.4, -0.2) is 17.0 Å². The Morgan fingerprint density at radius 2 is 2.12 bits per heavy atom. The third kappa shape index (κ3) is 3.08. The van der Waals surface area contributed by atoms with E-state index >= 15 is 0 Å². The Bertz CT molecular complexity index is 403. The van der Waals surface area contributed by atoms with E-state index in [9.17, 15) is 9.90 Å². The zero-order valence-electron chi connectivity index (χ0n) is 9.73.